The van der Waals surface area contributed by atoms with Crippen LogP contribution in [0.1, 0.15) is 84.7 Å². The maximum atomic E-state index is 11.0. The van der Waals surface area contributed by atoms with Crippen molar-refractivity contribution in [3.8, 4) is 17.2 Å². The quantitative estimate of drug-likeness (QED) is 0.121. The highest BCUT2D eigenvalue weighted by Crippen LogP contribution is 2.58. The number of aryl methyl sites for hydroxylation is 1. The van der Waals surface area contributed by atoms with Gasteiger partial charge in [-0.05, 0) is 56.2 Å². The van der Waals surface area contributed by atoms with Crippen LogP contribution in [0, 0.1) is 17.2 Å². The highest BCUT2D eigenvalue weighted by Gasteiger charge is 2.60. The molecule has 1 aliphatic rings. The fourth-order valence-electron chi connectivity index (χ4n) is 7.68. The third-order valence-electron chi connectivity index (χ3n) is 10.3. The molecule has 0 saturated carbocycles. The van der Waals surface area contributed by atoms with E-state index in [1.807, 2.05) is 48.7 Å². The first-order valence-electron chi connectivity index (χ1n) is 18.3. The van der Waals surface area contributed by atoms with E-state index in [4.69, 9.17) is 15.2 Å². The summed E-state index contributed by atoms with van der Waals surface area (Å²) in [6.07, 6.45) is 1.88. The zero-order chi connectivity index (χ0) is 36.8. The van der Waals surface area contributed by atoms with E-state index in [9.17, 15) is 10.4 Å². The van der Waals surface area contributed by atoms with Crippen LogP contribution in [0.4, 0.5) is 0 Å². The van der Waals surface area contributed by atoms with Gasteiger partial charge in [0.1, 0.15) is 29.4 Å². The van der Waals surface area contributed by atoms with Gasteiger partial charge in [0.15, 0.2) is 0 Å². The number of aliphatic hydroxyl groups excluding tert-OH is 1. The van der Waals surface area contributed by atoms with Crippen molar-refractivity contribution in [1.29, 1.82) is 5.26 Å². The number of hydrogen-bond donors (Lipinski definition) is 1. The Bertz CT molecular complexity index is 2150. The van der Waals surface area contributed by atoms with Gasteiger partial charge >= 0.3 is 0 Å². The summed E-state index contributed by atoms with van der Waals surface area (Å²) in [6, 6.07) is 50.2. The second-order valence-corrected chi connectivity index (χ2v) is 13.9. The molecule has 1 unspecified atom stereocenters. The first-order chi connectivity index (χ1) is 25.9. The van der Waals surface area contributed by atoms with Gasteiger partial charge < -0.3 is 9.67 Å². The molecule has 53 heavy (non-hydrogen) atoms. The molecular formula is C45H43N7O. The van der Waals surface area contributed by atoms with Crippen molar-refractivity contribution in [2.75, 3.05) is 0 Å². The van der Waals surface area contributed by atoms with Gasteiger partial charge in [-0.15, -0.1) is 10.2 Å². The zero-order valence-corrected chi connectivity index (χ0v) is 30.3. The van der Waals surface area contributed by atoms with Gasteiger partial charge in [-0.3, -0.25) is 0 Å². The third-order valence-corrected chi connectivity index (χ3v) is 10.3. The molecule has 0 saturated heterocycles. The van der Waals surface area contributed by atoms with Crippen molar-refractivity contribution in [1.82, 2.24) is 9.55 Å². The number of unbranched alkanes of at least 4 members (excludes halogenated alkanes) is 1. The monoisotopic (exact) mass is 697 g/mol. The first kappa shape index (κ1) is 35.4. The van der Waals surface area contributed by atoms with E-state index in [2.05, 4.69) is 133 Å². The fourth-order valence-corrected chi connectivity index (χ4v) is 7.68. The van der Waals surface area contributed by atoms with E-state index in [0.29, 0.717) is 17.9 Å². The summed E-state index contributed by atoms with van der Waals surface area (Å²) in [7, 11) is 0. The maximum absolute atomic E-state index is 11.0. The lowest BCUT2D eigenvalue weighted by molar-refractivity contribution is 0.122. The van der Waals surface area contributed by atoms with Crippen LogP contribution >= 0.6 is 0 Å². The van der Waals surface area contributed by atoms with E-state index < -0.39 is 17.2 Å². The lowest BCUT2D eigenvalue weighted by Gasteiger charge is -2.45. The summed E-state index contributed by atoms with van der Waals surface area (Å²) in [5.41, 5.74) is 5.49. The molecule has 0 radical (unpaired) electrons. The fraction of sp³-hybridized carbons (Fsp3) is 0.244. The molecule has 2 heterocycles. The van der Waals surface area contributed by atoms with Crippen molar-refractivity contribution < 1.29 is 5.11 Å². The third kappa shape index (κ3) is 6.28. The van der Waals surface area contributed by atoms with Crippen LogP contribution in [-0.4, -0.2) is 14.7 Å². The molecule has 0 spiro atoms. The number of aromatic nitrogens is 2. The van der Waals surface area contributed by atoms with Crippen LogP contribution < -0.4 is 0 Å². The van der Waals surface area contributed by atoms with E-state index >= 15 is 0 Å². The number of nitrogens with zero attached hydrogens (tertiary/aromatic N) is 7. The van der Waals surface area contributed by atoms with Crippen LogP contribution in [-0.2, 0) is 24.0 Å². The molecule has 0 fully saturated rings. The Hall–Kier alpha value is -6.04. The average molecular weight is 698 g/mol. The summed E-state index contributed by atoms with van der Waals surface area (Å²) in [4.78, 5) is 4.81. The van der Waals surface area contributed by atoms with Crippen molar-refractivity contribution >= 4 is 0 Å². The van der Waals surface area contributed by atoms with Gasteiger partial charge in [0.25, 0.3) is 0 Å². The summed E-state index contributed by atoms with van der Waals surface area (Å²) in [5, 5.41) is 39.7. The number of rotatable bonds is 13. The average Bonchev–Trinajstić information content (AvgIpc) is 3.84. The number of hydrogen-bond acceptors (Lipinski definition) is 7. The molecule has 5 aromatic carbocycles. The Morgan fingerprint density at radius 3 is 1.77 bits per heavy atom. The normalized spacial score (nSPS) is 14.0. The maximum Gasteiger partial charge on any atom is 0.238 e. The van der Waals surface area contributed by atoms with E-state index in [-0.39, 0.29) is 5.92 Å². The lowest BCUT2D eigenvalue weighted by atomic mass is 9.59. The SMILES string of the molecule is CCCCc1nc(C(O)C(C)C)c(C#N)n1Cc1ccc(-c2ccccc2C2(C(c3ccccc3)(c3ccccc3)c3ccccc3)N=NN=N2)cc1. The summed E-state index contributed by atoms with van der Waals surface area (Å²) in [5.74, 6) is 0.765. The highest BCUT2D eigenvalue weighted by atomic mass is 16.3. The second kappa shape index (κ2) is 15.3. The molecule has 6 aromatic rings. The van der Waals surface area contributed by atoms with Crippen molar-refractivity contribution in [2.24, 2.45) is 26.6 Å². The van der Waals surface area contributed by atoms with Crippen LogP contribution in [0.25, 0.3) is 11.1 Å². The predicted octanol–water partition coefficient (Wildman–Crippen LogP) is 10.5. The zero-order valence-electron chi connectivity index (χ0n) is 30.3. The molecular weight excluding hydrogens is 655 g/mol. The minimum atomic E-state index is -1.30. The molecule has 0 amide bonds. The summed E-state index contributed by atoms with van der Waals surface area (Å²) < 4.78 is 1.97. The standard InChI is InChI=1S/C45H43N7O/c1-4-5-25-41-47-42(43(53)32(2)3)40(30-46)52(41)31-33-26-28-34(29-27-33)38-23-15-16-24-39(38)45(48-50-51-49-45)44(35-17-9-6-10-18-35,36-19-11-7-12-20-36)37-21-13-8-14-22-37/h6-24,26-29,32,43,53H,4-5,25,31H2,1-3H3. The molecule has 0 aliphatic carbocycles. The summed E-state index contributed by atoms with van der Waals surface area (Å²) >= 11 is 0. The van der Waals surface area contributed by atoms with E-state index in [0.717, 1.165) is 64.0 Å². The first-order valence-corrected chi connectivity index (χ1v) is 18.3. The van der Waals surface area contributed by atoms with E-state index in [1.165, 1.54) is 0 Å². The van der Waals surface area contributed by atoms with Gasteiger partial charge in [-0.1, -0.05) is 167 Å². The predicted molar refractivity (Wildman–Crippen MR) is 207 cm³/mol. The van der Waals surface area contributed by atoms with Gasteiger partial charge in [0, 0.05) is 18.5 Å². The number of imidazole rings is 1. The molecule has 8 nitrogen and oxygen atoms in total. The second-order valence-electron chi connectivity index (χ2n) is 13.9. The minimum absolute atomic E-state index is 0.0598. The molecule has 1 N–H and O–H groups in total. The Morgan fingerprint density at radius 1 is 0.736 bits per heavy atom. The molecule has 7 rings (SSSR count). The van der Waals surface area contributed by atoms with Crippen LogP contribution in [0.2, 0.25) is 0 Å². The molecule has 0 bridgehead atoms. The molecule has 264 valence electrons. The Labute approximate surface area is 311 Å². The van der Waals surface area contributed by atoms with Crippen LogP contribution in [0.15, 0.2) is 160 Å². The smallest absolute Gasteiger partial charge is 0.238 e. The Kier molecular flexibility index (Phi) is 10.2. The van der Waals surface area contributed by atoms with Crippen molar-refractivity contribution in [3.05, 3.63) is 185 Å². The topological polar surface area (TPSA) is 111 Å². The Balaban J connectivity index is 1.37. The number of nitriles is 1. The largest absolute Gasteiger partial charge is 0.386 e. The van der Waals surface area contributed by atoms with Crippen molar-refractivity contribution in [2.45, 2.75) is 63.8 Å². The lowest BCUT2D eigenvalue weighted by Crippen LogP contribution is -2.48. The molecule has 1 aliphatic heterocycles. The van der Waals surface area contributed by atoms with Crippen LogP contribution in [0.3, 0.4) is 0 Å². The molecule has 1 aromatic heterocycles. The Morgan fingerprint density at radius 2 is 1.26 bits per heavy atom. The number of aliphatic hydroxyl groups is 1. The molecule has 8 heteroatoms. The number of benzene rings is 5. The summed E-state index contributed by atoms with van der Waals surface area (Å²) in [6.45, 7) is 6.48. The highest BCUT2D eigenvalue weighted by molar-refractivity contribution is 5.72. The minimum Gasteiger partial charge on any atom is -0.386 e. The van der Waals surface area contributed by atoms with Crippen LogP contribution in [0.5, 0.6) is 0 Å². The van der Waals surface area contributed by atoms with Gasteiger partial charge in [0.05, 0.1) is 5.41 Å². The van der Waals surface area contributed by atoms with Gasteiger partial charge in [0.2, 0.25) is 5.66 Å². The molecule has 1 atom stereocenters. The van der Waals surface area contributed by atoms with E-state index in [1.54, 1.807) is 0 Å². The van der Waals surface area contributed by atoms with Gasteiger partial charge in [-0.25, -0.2) is 4.98 Å². The van der Waals surface area contributed by atoms with Gasteiger partial charge in [-0.2, -0.15) is 5.26 Å². The van der Waals surface area contributed by atoms with Crippen molar-refractivity contribution in [3.63, 3.8) is 0 Å².